The topological polar surface area (TPSA) is 30.8 Å². The maximum absolute atomic E-state index is 6.81. The van der Waals surface area contributed by atoms with Gasteiger partial charge in [-0.1, -0.05) is 5.16 Å². The normalized spacial score (nSPS) is 22.9. The van der Waals surface area contributed by atoms with Crippen molar-refractivity contribution in [2.24, 2.45) is 5.16 Å². The fraction of sp³-hybridized carbons (Fsp3) is 0.750. The molecule has 0 aromatic rings. The Bertz CT molecular complexity index is 104. The summed E-state index contributed by atoms with van der Waals surface area (Å²) in [5, 5.41) is 3.28. The first-order chi connectivity index (χ1) is 3.89. The van der Waals surface area contributed by atoms with Crippen molar-refractivity contribution in [1.82, 2.24) is 0 Å². The van der Waals surface area contributed by atoms with Gasteiger partial charge in [-0.05, 0) is 0 Å². The molecule has 7 heavy (non-hydrogen) atoms. The van der Waals surface area contributed by atoms with Gasteiger partial charge in [0.1, 0.15) is 7.98 Å². The highest BCUT2D eigenvalue weighted by atomic mass is 16.6. The van der Waals surface area contributed by atoms with E-state index in [1.807, 2.05) is 0 Å². The highest BCUT2D eigenvalue weighted by Crippen LogP contribution is 1.87. The molecule has 0 fully saturated rings. The lowest BCUT2D eigenvalue weighted by molar-refractivity contribution is 0.147. The highest BCUT2D eigenvalue weighted by molar-refractivity contribution is 5.45. The summed E-state index contributed by atoms with van der Waals surface area (Å²) in [5.74, 6) is 0. The van der Waals surface area contributed by atoms with Crippen molar-refractivity contribution in [1.29, 1.82) is 0 Å². The lowest BCUT2D eigenvalue weighted by atomic mass is 10.5. The second kappa shape index (κ2) is 2.44. The van der Waals surface area contributed by atoms with Gasteiger partial charge in [-0.2, -0.15) is 0 Å². The van der Waals surface area contributed by atoms with E-state index in [1.54, 1.807) is 0 Å². The Morgan fingerprint density at radius 1 is 1.71 bits per heavy atom. The summed E-state index contributed by atoms with van der Waals surface area (Å²) in [6.45, 7) is 1.10. The molecule has 0 atom stereocenters. The van der Waals surface area contributed by atoms with E-state index in [4.69, 9.17) is 6.11 Å². The van der Waals surface area contributed by atoms with Gasteiger partial charge in [0.2, 0.25) is 6.38 Å². The van der Waals surface area contributed by atoms with Crippen molar-refractivity contribution in [3.05, 3.63) is 0 Å². The minimum Gasteiger partial charge on any atom is -0.481 e. The number of hydrogen-bond acceptors (Lipinski definition) is 3. The summed E-state index contributed by atoms with van der Waals surface area (Å²) in [6.07, 6.45) is 0.689. The molecule has 0 saturated carbocycles. The molecular weight excluding hydrogens is 94.0 g/mol. The van der Waals surface area contributed by atoms with Crippen LogP contribution < -0.4 is 0 Å². The van der Waals surface area contributed by atoms with Crippen molar-refractivity contribution in [2.75, 3.05) is 13.2 Å². The van der Waals surface area contributed by atoms with Crippen LogP contribution in [0.2, 0.25) is 0 Å². The van der Waals surface area contributed by atoms with Gasteiger partial charge in [-0.15, -0.1) is 0 Å². The van der Waals surface area contributed by atoms with Crippen LogP contribution in [0.5, 0.6) is 0 Å². The van der Waals surface area contributed by atoms with Gasteiger partial charge in [0, 0.05) is 6.42 Å². The van der Waals surface area contributed by atoms with E-state index in [-0.39, 0.29) is 6.38 Å². The van der Waals surface area contributed by atoms with Crippen LogP contribution in [0, 0.1) is 0 Å². The van der Waals surface area contributed by atoms with Crippen molar-refractivity contribution in [3.8, 4) is 0 Å². The summed E-state index contributed by atoms with van der Waals surface area (Å²) < 4.78 is 11.5. The minimum absolute atomic E-state index is 0.123. The average molecular weight is 102 g/mol. The molecular formula is C4H7NO2. The summed E-state index contributed by atoms with van der Waals surface area (Å²) in [5.41, 5.74) is 0. The molecule has 0 aliphatic carbocycles. The largest absolute Gasteiger partial charge is 0.481 e. The number of rotatable bonds is 0. The van der Waals surface area contributed by atoms with Crippen molar-refractivity contribution >= 4 is 6.38 Å². The second-order valence-electron chi connectivity index (χ2n) is 1.22. The Kier molecular flexibility index (Phi) is 1.15. The predicted octanol–water partition coefficient (Wildman–Crippen LogP) is 0.367. The number of nitrogens with zero attached hydrogens (tertiary/aromatic N) is 1. The molecule has 0 unspecified atom stereocenters. The fourth-order valence-electron chi connectivity index (χ4n) is 0.340. The average Bonchev–Trinajstić information content (AvgIpc) is 1.94. The first-order valence-corrected chi connectivity index (χ1v) is 2.19. The SMILES string of the molecule is [2H]C1=NOCCCO1. The van der Waals surface area contributed by atoms with Gasteiger partial charge in [0.15, 0.2) is 0 Å². The van der Waals surface area contributed by atoms with E-state index >= 15 is 0 Å². The first kappa shape index (κ1) is 3.29. The summed E-state index contributed by atoms with van der Waals surface area (Å²) in [4.78, 5) is 4.58. The lowest BCUT2D eigenvalue weighted by Crippen LogP contribution is -1.89. The molecule has 0 spiro atoms. The zero-order chi connectivity index (χ0) is 5.82. The fourth-order valence-corrected chi connectivity index (χ4v) is 0.340. The molecule has 0 bridgehead atoms. The van der Waals surface area contributed by atoms with E-state index in [0.29, 0.717) is 13.2 Å². The van der Waals surface area contributed by atoms with Crippen LogP contribution in [0.4, 0.5) is 0 Å². The van der Waals surface area contributed by atoms with Crippen molar-refractivity contribution < 1.29 is 10.9 Å². The van der Waals surface area contributed by atoms with Gasteiger partial charge in [0.05, 0.1) is 6.61 Å². The van der Waals surface area contributed by atoms with Crippen LogP contribution in [-0.2, 0) is 9.57 Å². The van der Waals surface area contributed by atoms with Crippen molar-refractivity contribution in [2.45, 2.75) is 6.42 Å². The van der Waals surface area contributed by atoms with Gasteiger partial charge < -0.3 is 9.57 Å². The Morgan fingerprint density at radius 3 is 3.71 bits per heavy atom. The smallest absolute Gasteiger partial charge is 0.212 e. The number of ether oxygens (including phenoxy) is 1. The van der Waals surface area contributed by atoms with E-state index in [9.17, 15) is 0 Å². The number of hydrogen-bond donors (Lipinski definition) is 0. The summed E-state index contributed by atoms with van der Waals surface area (Å²) in [6, 6.07) is 0. The van der Waals surface area contributed by atoms with Crippen LogP contribution >= 0.6 is 0 Å². The third-order valence-corrected chi connectivity index (χ3v) is 0.648. The molecule has 1 heterocycles. The predicted molar refractivity (Wildman–Crippen MR) is 25.0 cm³/mol. The third-order valence-electron chi connectivity index (χ3n) is 0.648. The Morgan fingerprint density at radius 2 is 2.71 bits per heavy atom. The molecule has 1 rings (SSSR count). The zero-order valence-electron chi connectivity index (χ0n) is 4.89. The van der Waals surface area contributed by atoms with Crippen LogP contribution in [0.15, 0.2) is 5.16 Å². The third kappa shape index (κ3) is 1.43. The maximum atomic E-state index is 6.81. The minimum atomic E-state index is -0.123. The monoisotopic (exact) mass is 102 g/mol. The molecule has 0 N–H and O–H groups in total. The van der Waals surface area contributed by atoms with Crippen LogP contribution in [0.3, 0.4) is 0 Å². The molecule has 0 aromatic heterocycles. The molecule has 1 aliphatic heterocycles. The molecule has 0 saturated heterocycles. The quantitative estimate of drug-likeness (QED) is 0.442. The van der Waals surface area contributed by atoms with E-state index in [1.165, 1.54) is 0 Å². The Hall–Kier alpha value is -0.730. The lowest BCUT2D eigenvalue weighted by Gasteiger charge is -1.88. The molecule has 0 aromatic carbocycles. The van der Waals surface area contributed by atoms with E-state index in [0.717, 1.165) is 6.42 Å². The molecule has 3 nitrogen and oxygen atoms in total. The molecule has 0 amide bonds. The Labute approximate surface area is 43.3 Å². The standard InChI is InChI=1S/C4H7NO2/c1-2-6-4-5-7-3-1/h4H,1-3H2/i4D. The van der Waals surface area contributed by atoms with Crippen LogP contribution in [-0.4, -0.2) is 19.6 Å². The first-order valence-electron chi connectivity index (χ1n) is 2.69. The molecule has 40 valence electrons. The zero-order valence-corrected chi connectivity index (χ0v) is 3.89. The summed E-state index contributed by atoms with van der Waals surface area (Å²) in [7, 11) is 0. The van der Waals surface area contributed by atoms with Gasteiger partial charge in [0.25, 0.3) is 0 Å². The Balaban J connectivity index is 2.36. The van der Waals surface area contributed by atoms with Gasteiger partial charge >= 0.3 is 0 Å². The summed E-state index contributed by atoms with van der Waals surface area (Å²) >= 11 is 0. The molecule has 1 aliphatic rings. The number of oxime groups is 1. The second-order valence-corrected chi connectivity index (χ2v) is 1.22. The van der Waals surface area contributed by atoms with Gasteiger partial charge in [-0.25, -0.2) is 0 Å². The van der Waals surface area contributed by atoms with Crippen LogP contribution in [0.25, 0.3) is 0 Å². The maximum Gasteiger partial charge on any atom is 0.212 e. The van der Waals surface area contributed by atoms with E-state index in [2.05, 4.69) is 9.99 Å². The highest BCUT2D eigenvalue weighted by Gasteiger charge is 1.89. The van der Waals surface area contributed by atoms with Crippen molar-refractivity contribution in [3.63, 3.8) is 0 Å². The van der Waals surface area contributed by atoms with E-state index < -0.39 is 0 Å². The van der Waals surface area contributed by atoms with Gasteiger partial charge in [-0.3, -0.25) is 0 Å². The van der Waals surface area contributed by atoms with Crippen LogP contribution in [0.1, 0.15) is 7.79 Å². The molecule has 0 radical (unpaired) electrons. The molecule has 3 heteroatoms.